The Bertz CT molecular complexity index is 767. The van der Waals surface area contributed by atoms with Crippen molar-refractivity contribution in [2.45, 2.75) is 51.0 Å². The maximum atomic E-state index is 9.97. The van der Waals surface area contributed by atoms with E-state index in [0.717, 1.165) is 29.7 Å². The molecule has 3 heteroatoms. The van der Waals surface area contributed by atoms with E-state index in [-0.39, 0.29) is 5.75 Å². The zero-order valence-corrected chi connectivity index (χ0v) is 14.9. The van der Waals surface area contributed by atoms with E-state index >= 15 is 0 Å². The van der Waals surface area contributed by atoms with Gasteiger partial charge in [0.15, 0.2) is 0 Å². The minimum Gasteiger partial charge on any atom is -0.508 e. The van der Waals surface area contributed by atoms with Crippen LogP contribution < -0.4 is 4.74 Å². The number of fused-ring (bicyclic) bond motifs is 3. The van der Waals surface area contributed by atoms with Crippen molar-refractivity contribution in [3.8, 4) is 17.2 Å². The molecule has 1 saturated carbocycles. The number of hydrogen-bond donors (Lipinski definition) is 2. The van der Waals surface area contributed by atoms with E-state index in [1.807, 2.05) is 24.3 Å². The summed E-state index contributed by atoms with van der Waals surface area (Å²) in [4.78, 5) is 0. The Morgan fingerprint density at radius 2 is 1.76 bits per heavy atom. The Kier molecular flexibility index (Phi) is 3.90. The number of hydrogen-bond acceptors (Lipinski definition) is 3. The van der Waals surface area contributed by atoms with E-state index in [0.29, 0.717) is 23.5 Å². The molecule has 4 atom stereocenters. The number of phenolic OH excluding ortho intramolecular Hbond substituents is 2. The molecule has 1 aliphatic heterocycles. The van der Waals surface area contributed by atoms with Crippen molar-refractivity contribution in [1.29, 1.82) is 0 Å². The fraction of sp³-hybridized carbons (Fsp3) is 0.455. The van der Waals surface area contributed by atoms with E-state index in [4.69, 9.17) is 4.74 Å². The van der Waals surface area contributed by atoms with E-state index in [1.54, 1.807) is 18.2 Å². The van der Waals surface area contributed by atoms with Crippen LogP contribution in [-0.4, -0.2) is 10.2 Å². The second kappa shape index (κ2) is 5.98. The van der Waals surface area contributed by atoms with Gasteiger partial charge in [0.1, 0.15) is 22.8 Å². The third kappa shape index (κ3) is 2.66. The summed E-state index contributed by atoms with van der Waals surface area (Å²) in [5.74, 6) is 2.96. The lowest BCUT2D eigenvalue weighted by Crippen LogP contribution is -2.42. The van der Waals surface area contributed by atoms with Crippen LogP contribution in [0.4, 0.5) is 0 Å². The van der Waals surface area contributed by atoms with Crippen LogP contribution in [-0.2, 0) is 5.60 Å². The van der Waals surface area contributed by atoms with E-state index in [1.165, 1.54) is 12.8 Å². The van der Waals surface area contributed by atoms with E-state index in [9.17, 15) is 10.2 Å². The summed E-state index contributed by atoms with van der Waals surface area (Å²) < 4.78 is 6.55. The lowest BCUT2D eigenvalue weighted by atomic mass is 9.72. The zero-order chi connectivity index (χ0) is 17.6. The number of phenols is 2. The average molecular weight is 338 g/mol. The monoisotopic (exact) mass is 338 g/mol. The average Bonchev–Trinajstić information content (AvgIpc) is 3.02. The summed E-state index contributed by atoms with van der Waals surface area (Å²) >= 11 is 0. The molecular weight excluding hydrogens is 312 g/mol. The van der Waals surface area contributed by atoms with Gasteiger partial charge in [-0.1, -0.05) is 31.9 Å². The summed E-state index contributed by atoms with van der Waals surface area (Å²) in [5.41, 5.74) is 1.85. The smallest absolute Gasteiger partial charge is 0.135 e. The molecule has 0 radical (unpaired) electrons. The summed E-state index contributed by atoms with van der Waals surface area (Å²) in [6.07, 6.45) is 4.75. The largest absolute Gasteiger partial charge is 0.508 e. The topological polar surface area (TPSA) is 49.7 Å². The van der Waals surface area contributed by atoms with Gasteiger partial charge in [-0.05, 0) is 67.5 Å². The minimum atomic E-state index is -0.412. The molecular formula is C22H26O3. The quantitative estimate of drug-likeness (QED) is 0.797. The SMILES string of the molecule is CCC[C@H]1C[C@H]2c3cc(O)ccc3O[C@](C)(c3ccc(O)cc3)[C@H]2C1. The molecule has 4 rings (SSSR count). The van der Waals surface area contributed by atoms with Gasteiger partial charge in [0, 0.05) is 11.5 Å². The highest BCUT2D eigenvalue weighted by molar-refractivity contribution is 5.47. The van der Waals surface area contributed by atoms with Crippen molar-refractivity contribution in [3.05, 3.63) is 53.6 Å². The first-order chi connectivity index (χ1) is 12.0. The molecule has 0 saturated heterocycles. The normalized spacial score (nSPS) is 30.4. The number of rotatable bonds is 3. The highest BCUT2D eigenvalue weighted by Crippen LogP contribution is 2.59. The van der Waals surface area contributed by atoms with Crippen molar-refractivity contribution in [2.75, 3.05) is 0 Å². The van der Waals surface area contributed by atoms with Crippen molar-refractivity contribution in [2.24, 2.45) is 11.8 Å². The standard InChI is InChI=1S/C22H26O3/c1-3-4-14-11-18-19-13-17(24)9-10-21(19)25-22(2,20(18)12-14)15-5-7-16(23)8-6-15/h5-10,13-14,18,20,23-24H,3-4,11-12H2,1-2H3/t14-,18-,20-,22+/m0/s1. The Morgan fingerprint density at radius 1 is 1.04 bits per heavy atom. The number of ether oxygens (including phenoxy) is 1. The molecule has 132 valence electrons. The molecule has 0 aromatic heterocycles. The molecule has 1 aliphatic carbocycles. The summed E-state index contributed by atoms with van der Waals surface area (Å²) in [6.45, 7) is 4.43. The van der Waals surface area contributed by atoms with Crippen LogP contribution in [0, 0.1) is 11.8 Å². The Hall–Kier alpha value is -2.16. The summed E-state index contributed by atoms with van der Waals surface area (Å²) in [6, 6.07) is 12.9. The van der Waals surface area contributed by atoms with Gasteiger partial charge in [0.2, 0.25) is 0 Å². The molecule has 1 heterocycles. The summed E-state index contributed by atoms with van der Waals surface area (Å²) in [7, 11) is 0. The maximum absolute atomic E-state index is 9.97. The molecule has 1 fully saturated rings. The molecule has 25 heavy (non-hydrogen) atoms. The van der Waals surface area contributed by atoms with E-state index < -0.39 is 5.60 Å². The fourth-order valence-corrected chi connectivity index (χ4v) is 5.03. The van der Waals surface area contributed by atoms with Gasteiger partial charge < -0.3 is 14.9 Å². The van der Waals surface area contributed by atoms with Gasteiger partial charge in [-0.3, -0.25) is 0 Å². The van der Waals surface area contributed by atoms with Crippen LogP contribution >= 0.6 is 0 Å². The third-order valence-electron chi connectivity index (χ3n) is 6.22. The number of benzene rings is 2. The fourth-order valence-electron chi connectivity index (χ4n) is 5.03. The van der Waals surface area contributed by atoms with E-state index in [2.05, 4.69) is 13.8 Å². The molecule has 0 spiro atoms. The summed E-state index contributed by atoms with van der Waals surface area (Å²) in [5, 5.41) is 19.6. The van der Waals surface area contributed by atoms with Gasteiger partial charge in [-0.15, -0.1) is 0 Å². The molecule has 0 bridgehead atoms. The Balaban J connectivity index is 1.80. The number of aromatic hydroxyl groups is 2. The van der Waals surface area contributed by atoms with Crippen molar-refractivity contribution >= 4 is 0 Å². The van der Waals surface area contributed by atoms with Gasteiger partial charge in [0.05, 0.1) is 0 Å². The van der Waals surface area contributed by atoms with Crippen molar-refractivity contribution in [3.63, 3.8) is 0 Å². The molecule has 2 N–H and O–H groups in total. The third-order valence-corrected chi connectivity index (χ3v) is 6.22. The molecule has 3 nitrogen and oxygen atoms in total. The predicted octanol–water partition coefficient (Wildman–Crippen LogP) is 5.32. The second-order valence-corrected chi connectivity index (χ2v) is 7.82. The van der Waals surface area contributed by atoms with Gasteiger partial charge in [0.25, 0.3) is 0 Å². The van der Waals surface area contributed by atoms with Crippen LogP contribution in [0.2, 0.25) is 0 Å². The van der Waals surface area contributed by atoms with Crippen LogP contribution in [0.3, 0.4) is 0 Å². The first kappa shape index (κ1) is 16.3. The van der Waals surface area contributed by atoms with Crippen LogP contribution in [0.1, 0.15) is 56.6 Å². The van der Waals surface area contributed by atoms with Crippen molar-refractivity contribution in [1.82, 2.24) is 0 Å². The Labute approximate surface area is 149 Å². The zero-order valence-electron chi connectivity index (χ0n) is 14.9. The molecule has 0 amide bonds. The van der Waals surface area contributed by atoms with Crippen LogP contribution in [0.25, 0.3) is 0 Å². The molecule has 2 aromatic rings. The molecule has 0 unspecified atom stereocenters. The van der Waals surface area contributed by atoms with Crippen LogP contribution in [0.15, 0.2) is 42.5 Å². The lowest BCUT2D eigenvalue weighted by molar-refractivity contribution is -0.00294. The molecule has 2 aromatic carbocycles. The van der Waals surface area contributed by atoms with Gasteiger partial charge in [-0.2, -0.15) is 0 Å². The lowest BCUT2D eigenvalue weighted by Gasteiger charge is -2.44. The highest BCUT2D eigenvalue weighted by atomic mass is 16.5. The predicted molar refractivity (Wildman–Crippen MR) is 98.1 cm³/mol. The Morgan fingerprint density at radius 3 is 2.48 bits per heavy atom. The first-order valence-corrected chi connectivity index (χ1v) is 9.32. The molecule has 2 aliphatic rings. The highest BCUT2D eigenvalue weighted by Gasteiger charge is 2.52. The maximum Gasteiger partial charge on any atom is 0.135 e. The van der Waals surface area contributed by atoms with Gasteiger partial charge in [-0.25, -0.2) is 0 Å². The van der Waals surface area contributed by atoms with Crippen LogP contribution in [0.5, 0.6) is 17.2 Å². The second-order valence-electron chi connectivity index (χ2n) is 7.82. The van der Waals surface area contributed by atoms with Crippen molar-refractivity contribution < 1.29 is 14.9 Å². The van der Waals surface area contributed by atoms with Gasteiger partial charge >= 0.3 is 0 Å². The first-order valence-electron chi connectivity index (χ1n) is 9.32. The minimum absolute atomic E-state index is 0.278.